The molecule has 3 aliphatic heterocycles. The smallest absolute Gasteiger partial charge is 0.221 e. The number of carbonyl (C=O) groups is 1. The Hall–Kier alpha value is -0.340. The third kappa shape index (κ3) is 2.89. The van der Waals surface area contributed by atoms with Crippen molar-refractivity contribution in [3.05, 3.63) is 0 Å². The first-order valence-electron chi connectivity index (χ1n) is 8.47. The van der Waals surface area contributed by atoms with E-state index in [9.17, 15) is 4.79 Å². The molecular weight excluding hydrogens is 298 g/mol. The zero-order valence-electron chi connectivity index (χ0n) is 13.9. The van der Waals surface area contributed by atoms with Gasteiger partial charge in [-0.2, -0.15) is 0 Å². The van der Waals surface area contributed by atoms with E-state index in [1.165, 1.54) is 0 Å². The van der Waals surface area contributed by atoms with Crippen LogP contribution in [0.3, 0.4) is 0 Å². The Morgan fingerprint density at radius 1 is 1.32 bits per heavy atom. The van der Waals surface area contributed by atoms with Crippen LogP contribution < -0.4 is 21.5 Å². The summed E-state index contributed by atoms with van der Waals surface area (Å²) in [7, 11) is 0. The second-order valence-electron chi connectivity index (χ2n) is 6.78. The molecule has 0 saturated carbocycles. The highest BCUT2D eigenvalue weighted by Crippen LogP contribution is 2.46. The third-order valence-electron chi connectivity index (χ3n) is 5.41. The second kappa shape index (κ2) is 6.65. The quantitative estimate of drug-likeness (QED) is 0.597. The van der Waals surface area contributed by atoms with E-state index in [1.807, 2.05) is 6.92 Å². The summed E-state index contributed by atoms with van der Waals surface area (Å²) in [5, 5.41) is 7.79. The molecule has 3 heterocycles. The van der Waals surface area contributed by atoms with Gasteiger partial charge in [0.2, 0.25) is 5.91 Å². The van der Waals surface area contributed by atoms with Gasteiger partial charge in [0.15, 0.2) is 0 Å². The minimum absolute atomic E-state index is 0.127. The number of rotatable bonds is 3. The summed E-state index contributed by atoms with van der Waals surface area (Å²) in [4.78, 5) is 14.6. The Kier molecular flexibility index (Phi) is 4.99. The predicted octanol–water partition coefficient (Wildman–Crippen LogP) is 0.280. The average molecular weight is 327 g/mol. The first kappa shape index (κ1) is 16.5. The molecule has 0 aromatic rings. The Morgan fingerprint density at radius 2 is 2.09 bits per heavy atom. The molecule has 3 rings (SSSR count). The van der Waals surface area contributed by atoms with Crippen LogP contribution in [0.5, 0.6) is 0 Å². The maximum Gasteiger partial charge on any atom is 0.221 e. The Bertz CT molecular complexity index is 423. The molecule has 126 valence electrons. The fourth-order valence-corrected chi connectivity index (χ4v) is 5.86. The number of hydrogen-bond donors (Lipinski definition) is 4. The number of carbonyl (C=O) groups excluding carboxylic acids is 1. The van der Waals surface area contributed by atoms with Crippen molar-refractivity contribution >= 4 is 17.7 Å². The van der Waals surface area contributed by atoms with Crippen molar-refractivity contribution in [1.82, 2.24) is 26.4 Å². The molecule has 6 nitrogen and oxygen atoms in total. The van der Waals surface area contributed by atoms with E-state index in [2.05, 4.69) is 58.9 Å². The molecule has 3 fully saturated rings. The number of hydrogen-bond acceptors (Lipinski definition) is 6. The van der Waals surface area contributed by atoms with Crippen molar-refractivity contribution in [2.24, 2.45) is 11.8 Å². The molecule has 3 aliphatic rings. The number of nitrogens with one attached hydrogen (secondary N) is 4. The van der Waals surface area contributed by atoms with Crippen LogP contribution in [0.1, 0.15) is 34.1 Å². The van der Waals surface area contributed by atoms with Gasteiger partial charge < -0.3 is 10.6 Å². The zero-order chi connectivity index (χ0) is 15.9. The van der Waals surface area contributed by atoms with Crippen molar-refractivity contribution in [3.8, 4) is 0 Å². The topological polar surface area (TPSA) is 68.4 Å². The standard InChI is InChI=1S/C15H29N5OS/c1-5-16-13(21)6-12-14-19-18-10(4)20(14)15-11(7-17-12)8(2)9(3)22-15/h8-12,14-15,17-19H,5-7H2,1-4H3,(H,16,21)/t8?,9?,10?,11?,12-,14?,15?/m0/s1. The lowest BCUT2D eigenvalue weighted by Crippen LogP contribution is -2.54. The molecular formula is C15H29N5OS. The maximum absolute atomic E-state index is 12.0. The van der Waals surface area contributed by atoms with Crippen LogP contribution in [-0.4, -0.2) is 52.9 Å². The average Bonchev–Trinajstić information content (AvgIpc) is 2.92. The van der Waals surface area contributed by atoms with Gasteiger partial charge in [0, 0.05) is 30.8 Å². The van der Waals surface area contributed by atoms with E-state index >= 15 is 0 Å². The first-order valence-corrected chi connectivity index (χ1v) is 9.41. The van der Waals surface area contributed by atoms with Crippen LogP contribution in [-0.2, 0) is 4.79 Å². The van der Waals surface area contributed by atoms with Gasteiger partial charge in [0.1, 0.15) is 0 Å². The van der Waals surface area contributed by atoms with E-state index in [0.29, 0.717) is 41.6 Å². The van der Waals surface area contributed by atoms with Gasteiger partial charge in [0.05, 0.1) is 17.7 Å². The van der Waals surface area contributed by atoms with Gasteiger partial charge in [-0.3, -0.25) is 9.69 Å². The van der Waals surface area contributed by atoms with E-state index < -0.39 is 0 Å². The van der Waals surface area contributed by atoms with Crippen LogP contribution in [0, 0.1) is 11.8 Å². The van der Waals surface area contributed by atoms with Crippen LogP contribution in [0.4, 0.5) is 0 Å². The highest BCUT2D eigenvalue weighted by molar-refractivity contribution is 8.00. The van der Waals surface area contributed by atoms with E-state index in [0.717, 1.165) is 6.54 Å². The number of thioether (sulfide) groups is 1. The largest absolute Gasteiger partial charge is 0.356 e. The zero-order valence-corrected chi connectivity index (χ0v) is 14.7. The Labute approximate surface area is 137 Å². The maximum atomic E-state index is 12.0. The summed E-state index contributed by atoms with van der Waals surface area (Å²) in [6.45, 7) is 10.6. The minimum Gasteiger partial charge on any atom is -0.356 e. The minimum atomic E-state index is 0.127. The highest BCUT2D eigenvalue weighted by atomic mass is 32.2. The summed E-state index contributed by atoms with van der Waals surface area (Å²) in [6.07, 6.45) is 0.974. The first-order chi connectivity index (χ1) is 10.5. The summed E-state index contributed by atoms with van der Waals surface area (Å²) >= 11 is 2.09. The fourth-order valence-electron chi connectivity index (χ4n) is 3.97. The number of amides is 1. The molecule has 0 spiro atoms. The van der Waals surface area contributed by atoms with Crippen LogP contribution in [0.25, 0.3) is 0 Å². The molecule has 1 amide bonds. The molecule has 6 unspecified atom stereocenters. The SMILES string of the molecule is CCNC(=O)C[C@@H]1NCC2C(C)C(C)SC2N2C(C)NNC12. The second-order valence-corrected chi connectivity index (χ2v) is 8.28. The van der Waals surface area contributed by atoms with E-state index in [4.69, 9.17) is 0 Å². The molecule has 4 N–H and O–H groups in total. The van der Waals surface area contributed by atoms with Crippen LogP contribution in [0.2, 0.25) is 0 Å². The third-order valence-corrected chi connectivity index (χ3v) is 7.15. The van der Waals surface area contributed by atoms with Gasteiger partial charge in [-0.05, 0) is 25.7 Å². The summed E-state index contributed by atoms with van der Waals surface area (Å²) in [5.41, 5.74) is 6.77. The van der Waals surface area contributed by atoms with Crippen molar-refractivity contribution in [2.45, 2.75) is 63.1 Å². The monoisotopic (exact) mass is 327 g/mol. The lowest BCUT2D eigenvalue weighted by atomic mass is 9.91. The van der Waals surface area contributed by atoms with Crippen LogP contribution >= 0.6 is 11.8 Å². The molecule has 0 aliphatic carbocycles. The fraction of sp³-hybridized carbons (Fsp3) is 0.933. The van der Waals surface area contributed by atoms with Gasteiger partial charge >= 0.3 is 0 Å². The van der Waals surface area contributed by atoms with Crippen LogP contribution in [0.15, 0.2) is 0 Å². The van der Waals surface area contributed by atoms with Crippen molar-refractivity contribution in [2.75, 3.05) is 13.1 Å². The summed E-state index contributed by atoms with van der Waals surface area (Å²) in [6, 6.07) is 0.137. The summed E-state index contributed by atoms with van der Waals surface area (Å²) < 4.78 is 0. The van der Waals surface area contributed by atoms with Crippen molar-refractivity contribution in [3.63, 3.8) is 0 Å². The summed E-state index contributed by atoms with van der Waals surface area (Å²) in [5.74, 6) is 1.45. The molecule has 7 atom stereocenters. The van der Waals surface area contributed by atoms with Crippen molar-refractivity contribution < 1.29 is 4.79 Å². The van der Waals surface area contributed by atoms with Crippen molar-refractivity contribution in [1.29, 1.82) is 0 Å². The molecule has 0 aromatic heterocycles. The molecule has 0 radical (unpaired) electrons. The van der Waals surface area contributed by atoms with Gasteiger partial charge in [-0.15, -0.1) is 11.8 Å². The Morgan fingerprint density at radius 3 is 2.82 bits per heavy atom. The highest BCUT2D eigenvalue weighted by Gasteiger charge is 2.51. The van der Waals surface area contributed by atoms with E-state index in [1.54, 1.807) is 0 Å². The normalized spacial score (nSPS) is 45.2. The number of fused-ring (bicyclic) bond motifs is 3. The molecule has 3 saturated heterocycles. The van der Waals surface area contributed by atoms with Gasteiger partial charge in [0.25, 0.3) is 0 Å². The lowest BCUT2D eigenvalue weighted by Gasteiger charge is -2.34. The molecule has 7 heteroatoms. The van der Waals surface area contributed by atoms with Gasteiger partial charge in [-0.25, -0.2) is 10.9 Å². The Balaban J connectivity index is 1.78. The number of hydrazine groups is 1. The molecule has 0 aromatic carbocycles. The predicted molar refractivity (Wildman–Crippen MR) is 89.9 cm³/mol. The molecule has 0 bridgehead atoms. The number of nitrogens with zero attached hydrogens (tertiary/aromatic N) is 1. The lowest BCUT2D eigenvalue weighted by molar-refractivity contribution is -0.121. The van der Waals surface area contributed by atoms with Gasteiger partial charge in [-0.1, -0.05) is 13.8 Å². The van der Waals surface area contributed by atoms with E-state index in [-0.39, 0.29) is 18.1 Å². The molecule has 22 heavy (non-hydrogen) atoms.